The fourth-order valence-electron chi connectivity index (χ4n) is 1.64. The van der Waals surface area contributed by atoms with E-state index in [4.69, 9.17) is 4.74 Å². The zero-order chi connectivity index (χ0) is 14.5. The highest BCUT2D eigenvalue weighted by molar-refractivity contribution is 5.29. The molecule has 1 atom stereocenters. The number of nitrogens with one attached hydrogen (secondary N) is 2. The number of methoxy groups -OCH3 is 1. The van der Waals surface area contributed by atoms with Crippen molar-refractivity contribution < 1.29 is 9.13 Å². The van der Waals surface area contributed by atoms with Crippen LogP contribution in [0.3, 0.4) is 0 Å². The van der Waals surface area contributed by atoms with Crippen molar-refractivity contribution in [2.45, 2.75) is 45.8 Å². The van der Waals surface area contributed by atoms with E-state index in [-0.39, 0.29) is 17.1 Å². The molecule has 0 fully saturated rings. The summed E-state index contributed by atoms with van der Waals surface area (Å²) in [5.74, 6) is -0.0338. The van der Waals surface area contributed by atoms with E-state index >= 15 is 0 Å². The molecule has 1 aromatic carbocycles. The van der Waals surface area contributed by atoms with Crippen LogP contribution in [0.2, 0.25) is 0 Å². The van der Waals surface area contributed by atoms with Gasteiger partial charge in [-0.25, -0.2) is 4.39 Å². The second kappa shape index (κ2) is 6.87. The van der Waals surface area contributed by atoms with Crippen molar-refractivity contribution in [2.24, 2.45) is 0 Å². The summed E-state index contributed by atoms with van der Waals surface area (Å²) in [6.45, 7) is 10.0. The minimum absolute atomic E-state index is 0.113. The van der Waals surface area contributed by atoms with E-state index in [9.17, 15) is 4.39 Å². The van der Waals surface area contributed by atoms with Gasteiger partial charge < -0.3 is 15.4 Å². The van der Waals surface area contributed by atoms with E-state index in [2.05, 4.69) is 38.3 Å². The van der Waals surface area contributed by atoms with Gasteiger partial charge in [0.25, 0.3) is 0 Å². The molecule has 2 N–H and O–H groups in total. The second-order valence-corrected chi connectivity index (χ2v) is 5.88. The molecule has 4 heteroatoms. The van der Waals surface area contributed by atoms with Crippen molar-refractivity contribution in [1.29, 1.82) is 0 Å². The Morgan fingerprint density at radius 2 is 2.00 bits per heavy atom. The average molecular weight is 268 g/mol. The van der Waals surface area contributed by atoms with E-state index in [0.717, 1.165) is 12.1 Å². The first kappa shape index (κ1) is 15.9. The van der Waals surface area contributed by atoms with Gasteiger partial charge in [0.05, 0.1) is 7.11 Å². The molecule has 0 aliphatic heterocycles. The van der Waals surface area contributed by atoms with E-state index in [1.54, 1.807) is 6.07 Å². The van der Waals surface area contributed by atoms with Crippen LogP contribution in [-0.4, -0.2) is 25.2 Å². The van der Waals surface area contributed by atoms with Crippen LogP contribution in [0.5, 0.6) is 5.75 Å². The summed E-state index contributed by atoms with van der Waals surface area (Å²) in [5.41, 5.74) is 1.03. The molecular formula is C15H25FN2O. The molecule has 1 rings (SSSR count). The summed E-state index contributed by atoms with van der Waals surface area (Å²) < 4.78 is 18.4. The summed E-state index contributed by atoms with van der Waals surface area (Å²) in [4.78, 5) is 0. The van der Waals surface area contributed by atoms with Crippen LogP contribution in [0.15, 0.2) is 18.2 Å². The van der Waals surface area contributed by atoms with E-state index in [0.29, 0.717) is 12.6 Å². The van der Waals surface area contributed by atoms with Crippen molar-refractivity contribution in [3.8, 4) is 5.75 Å². The Labute approximate surface area is 115 Å². The molecule has 0 saturated heterocycles. The van der Waals surface area contributed by atoms with Gasteiger partial charge in [-0.15, -0.1) is 0 Å². The smallest absolute Gasteiger partial charge is 0.165 e. The number of rotatable bonds is 6. The Kier molecular flexibility index (Phi) is 5.76. The lowest BCUT2D eigenvalue weighted by molar-refractivity contribution is 0.383. The number of halogens is 1. The third-order valence-corrected chi connectivity index (χ3v) is 2.81. The van der Waals surface area contributed by atoms with Crippen LogP contribution in [0.4, 0.5) is 4.39 Å². The first-order chi connectivity index (χ1) is 8.81. The SMILES string of the molecule is COc1ccc(CNC(C)CNC(C)(C)C)cc1F. The number of ether oxygens (including phenoxy) is 1. The van der Waals surface area contributed by atoms with Gasteiger partial charge in [-0.1, -0.05) is 6.07 Å². The zero-order valence-corrected chi connectivity index (χ0v) is 12.5. The van der Waals surface area contributed by atoms with Gasteiger partial charge in [-0.2, -0.15) is 0 Å². The highest BCUT2D eigenvalue weighted by Crippen LogP contribution is 2.17. The minimum atomic E-state index is -0.317. The van der Waals surface area contributed by atoms with Crippen molar-refractivity contribution in [1.82, 2.24) is 10.6 Å². The third kappa shape index (κ3) is 6.03. The van der Waals surface area contributed by atoms with Gasteiger partial charge in [-0.3, -0.25) is 0 Å². The van der Waals surface area contributed by atoms with Crippen LogP contribution in [0.1, 0.15) is 33.3 Å². The summed E-state index contributed by atoms with van der Waals surface area (Å²) in [6, 6.07) is 5.36. The van der Waals surface area contributed by atoms with Gasteiger partial charge in [-0.05, 0) is 45.4 Å². The third-order valence-electron chi connectivity index (χ3n) is 2.81. The topological polar surface area (TPSA) is 33.3 Å². The van der Waals surface area contributed by atoms with Crippen molar-refractivity contribution in [3.63, 3.8) is 0 Å². The van der Waals surface area contributed by atoms with Crippen LogP contribution >= 0.6 is 0 Å². The largest absolute Gasteiger partial charge is 0.494 e. The van der Waals surface area contributed by atoms with Crippen LogP contribution in [0.25, 0.3) is 0 Å². The number of benzene rings is 1. The highest BCUT2D eigenvalue weighted by atomic mass is 19.1. The molecule has 0 spiro atoms. The molecule has 0 heterocycles. The summed E-state index contributed by atoms with van der Waals surface area (Å²) in [5, 5.41) is 6.80. The molecule has 1 unspecified atom stereocenters. The summed E-state index contributed by atoms with van der Waals surface area (Å²) in [6.07, 6.45) is 0. The lowest BCUT2D eigenvalue weighted by Crippen LogP contribution is -2.44. The van der Waals surface area contributed by atoms with Gasteiger partial charge in [0, 0.05) is 24.7 Å². The van der Waals surface area contributed by atoms with Gasteiger partial charge in [0.15, 0.2) is 11.6 Å². The monoisotopic (exact) mass is 268 g/mol. The maximum atomic E-state index is 13.5. The number of hydrogen-bond donors (Lipinski definition) is 2. The second-order valence-electron chi connectivity index (χ2n) is 5.88. The van der Waals surface area contributed by atoms with Crippen LogP contribution in [0, 0.1) is 5.82 Å². The first-order valence-corrected chi connectivity index (χ1v) is 6.62. The molecule has 19 heavy (non-hydrogen) atoms. The Morgan fingerprint density at radius 1 is 1.32 bits per heavy atom. The average Bonchev–Trinajstić information content (AvgIpc) is 2.33. The maximum Gasteiger partial charge on any atom is 0.165 e. The van der Waals surface area contributed by atoms with Crippen molar-refractivity contribution in [3.05, 3.63) is 29.6 Å². The number of hydrogen-bond acceptors (Lipinski definition) is 3. The van der Waals surface area contributed by atoms with Crippen LogP contribution in [-0.2, 0) is 6.54 Å². The molecule has 0 bridgehead atoms. The van der Waals surface area contributed by atoms with E-state index in [1.165, 1.54) is 13.2 Å². The predicted molar refractivity (Wildman–Crippen MR) is 77.0 cm³/mol. The molecule has 1 aromatic rings. The molecule has 0 aliphatic carbocycles. The Morgan fingerprint density at radius 3 is 2.53 bits per heavy atom. The fraction of sp³-hybridized carbons (Fsp3) is 0.600. The molecular weight excluding hydrogens is 243 g/mol. The van der Waals surface area contributed by atoms with Crippen molar-refractivity contribution >= 4 is 0 Å². The Bertz CT molecular complexity index is 402. The molecule has 108 valence electrons. The van der Waals surface area contributed by atoms with Crippen molar-refractivity contribution in [2.75, 3.05) is 13.7 Å². The normalized spacial score (nSPS) is 13.4. The Hall–Kier alpha value is -1.13. The zero-order valence-electron chi connectivity index (χ0n) is 12.5. The molecule has 3 nitrogen and oxygen atoms in total. The molecule has 0 radical (unpaired) electrons. The lowest BCUT2D eigenvalue weighted by atomic mass is 10.1. The minimum Gasteiger partial charge on any atom is -0.494 e. The summed E-state index contributed by atoms with van der Waals surface area (Å²) >= 11 is 0. The van der Waals surface area contributed by atoms with Crippen LogP contribution < -0.4 is 15.4 Å². The standard InChI is InChI=1S/C15H25FN2O/c1-11(9-18-15(2,3)4)17-10-12-6-7-14(19-5)13(16)8-12/h6-8,11,17-18H,9-10H2,1-5H3. The molecule has 0 aromatic heterocycles. The van der Waals surface area contributed by atoms with E-state index < -0.39 is 0 Å². The molecule has 0 saturated carbocycles. The Balaban J connectivity index is 2.42. The maximum absolute atomic E-state index is 13.5. The molecule has 0 aliphatic rings. The lowest BCUT2D eigenvalue weighted by Gasteiger charge is -2.24. The summed E-state index contributed by atoms with van der Waals surface area (Å²) in [7, 11) is 1.47. The highest BCUT2D eigenvalue weighted by Gasteiger charge is 2.11. The fourth-order valence-corrected chi connectivity index (χ4v) is 1.64. The quantitative estimate of drug-likeness (QED) is 0.832. The van der Waals surface area contributed by atoms with Gasteiger partial charge >= 0.3 is 0 Å². The first-order valence-electron chi connectivity index (χ1n) is 6.62. The van der Waals surface area contributed by atoms with E-state index in [1.807, 2.05) is 6.07 Å². The predicted octanol–water partition coefficient (Wildman–Crippen LogP) is 2.70. The van der Waals surface area contributed by atoms with Gasteiger partial charge in [0.1, 0.15) is 0 Å². The molecule has 0 amide bonds. The van der Waals surface area contributed by atoms with Gasteiger partial charge in [0.2, 0.25) is 0 Å².